The molecule has 3 N–H and O–H groups in total. The average Bonchev–Trinajstić information content (AvgIpc) is 2.63. The zero-order valence-electron chi connectivity index (χ0n) is 16.7. The molecular formula is C21H33N3O3. The van der Waals surface area contributed by atoms with Crippen LogP contribution in [0.15, 0.2) is 29.3 Å². The third-order valence-corrected chi connectivity index (χ3v) is 5.99. The highest BCUT2D eigenvalue weighted by molar-refractivity contribution is 5.80. The molecule has 6 nitrogen and oxygen atoms in total. The van der Waals surface area contributed by atoms with Gasteiger partial charge < -0.3 is 25.2 Å². The molecule has 27 heavy (non-hydrogen) atoms. The van der Waals surface area contributed by atoms with E-state index in [0.717, 1.165) is 36.8 Å². The summed E-state index contributed by atoms with van der Waals surface area (Å²) in [6, 6.07) is 7.89. The van der Waals surface area contributed by atoms with Gasteiger partial charge in [0.25, 0.3) is 0 Å². The van der Waals surface area contributed by atoms with E-state index in [0.29, 0.717) is 18.7 Å². The summed E-state index contributed by atoms with van der Waals surface area (Å²) in [6.45, 7) is 5.99. The van der Waals surface area contributed by atoms with E-state index in [9.17, 15) is 5.11 Å². The first-order valence-corrected chi connectivity index (χ1v) is 10.1. The van der Waals surface area contributed by atoms with Crippen molar-refractivity contribution in [2.45, 2.75) is 57.8 Å². The number of hydrogen-bond donors (Lipinski definition) is 3. The van der Waals surface area contributed by atoms with Crippen molar-refractivity contribution in [2.24, 2.45) is 10.4 Å². The molecular weight excluding hydrogens is 342 g/mol. The van der Waals surface area contributed by atoms with Crippen LogP contribution in [-0.4, -0.2) is 50.0 Å². The zero-order chi connectivity index (χ0) is 19.3. The molecule has 2 saturated carbocycles. The summed E-state index contributed by atoms with van der Waals surface area (Å²) in [6.07, 6.45) is 4.47. The first-order valence-electron chi connectivity index (χ1n) is 10.1. The topological polar surface area (TPSA) is 75.1 Å². The molecule has 3 rings (SSSR count). The lowest BCUT2D eigenvalue weighted by atomic mass is 9.51. The first-order chi connectivity index (χ1) is 13.1. The van der Waals surface area contributed by atoms with Crippen molar-refractivity contribution in [3.05, 3.63) is 29.8 Å². The normalized spacial score (nSPS) is 24.7. The third kappa shape index (κ3) is 4.22. The van der Waals surface area contributed by atoms with E-state index in [2.05, 4.69) is 29.5 Å². The van der Waals surface area contributed by atoms with Gasteiger partial charge in [0, 0.05) is 24.6 Å². The van der Waals surface area contributed by atoms with Crippen LogP contribution >= 0.6 is 0 Å². The number of benzene rings is 1. The fourth-order valence-corrected chi connectivity index (χ4v) is 4.26. The predicted octanol–water partition coefficient (Wildman–Crippen LogP) is 2.63. The number of rotatable bonds is 8. The molecule has 2 fully saturated rings. The predicted molar refractivity (Wildman–Crippen MR) is 107 cm³/mol. The van der Waals surface area contributed by atoms with Crippen LogP contribution in [0.3, 0.4) is 0 Å². The van der Waals surface area contributed by atoms with Crippen molar-refractivity contribution in [1.29, 1.82) is 0 Å². The van der Waals surface area contributed by atoms with Crippen molar-refractivity contribution >= 4 is 5.96 Å². The quantitative estimate of drug-likeness (QED) is 0.481. The van der Waals surface area contributed by atoms with Crippen molar-refractivity contribution in [2.75, 3.05) is 26.8 Å². The third-order valence-electron chi connectivity index (χ3n) is 5.99. The summed E-state index contributed by atoms with van der Waals surface area (Å²) in [7, 11) is 1.63. The van der Waals surface area contributed by atoms with Gasteiger partial charge in [-0.25, -0.2) is 0 Å². The number of nitrogens with one attached hydrogen (secondary N) is 2. The highest BCUT2D eigenvalue weighted by Crippen LogP contribution is 2.57. The number of guanidine groups is 1. The SMILES string of the molecule is CCNC(=NCC(O)c1cccc(OC)c1)NC1CC(OCC)C12CCC2. The molecule has 0 radical (unpaired) electrons. The zero-order valence-corrected chi connectivity index (χ0v) is 16.7. The highest BCUT2D eigenvalue weighted by atomic mass is 16.5. The number of aliphatic hydroxyl groups excluding tert-OH is 1. The summed E-state index contributed by atoms with van der Waals surface area (Å²) >= 11 is 0. The monoisotopic (exact) mass is 375 g/mol. The molecule has 3 atom stereocenters. The van der Waals surface area contributed by atoms with Crippen LogP contribution < -0.4 is 15.4 Å². The van der Waals surface area contributed by atoms with Crippen LogP contribution in [-0.2, 0) is 4.74 Å². The van der Waals surface area contributed by atoms with Crippen LogP contribution in [0.2, 0.25) is 0 Å². The van der Waals surface area contributed by atoms with E-state index in [1.807, 2.05) is 24.3 Å². The molecule has 2 aliphatic rings. The van der Waals surface area contributed by atoms with Gasteiger partial charge in [0.15, 0.2) is 5.96 Å². The summed E-state index contributed by atoms with van der Waals surface area (Å²) in [5.74, 6) is 1.51. The lowest BCUT2D eigenvalue weighted by molar-refractivity contribution is -0.168. The standard InChI is InChI=1S/C21H33N3O3/c1-4-22-20(23-14-17(25)15-8-6-9-16(12-15)26-3)24-18-13-19(27-5-2)21(18)10-7-11-21/h6,8-9,12,17-19,25H,4-5,7,10-11,13-14H2,1-3H3,(H2,22,23,24). The second kappa shape index (κ2) is 8.93. The van der Waals surface area contributed by atoms with E-state index >= 15 is 0 Å². The number of hydrogen-bond acceptors (Lipinski definition) is 4. The fourth-order valence-electron chi connectivity index (χ4n) is 4.26. The highest BCUT2D eigenvalue weighted by Gasteiger charge is 2.59. The van der Waals surface area contributed by atoms with Gasteiger partial charge in [-0.1, -0.05) is 18.6 Å². The van der Waals surface area contributed by atoms with Crippen LogP contribution in [0.4, 0.5) is 0 Å². The van der Waals surface area contributed by atoms with Crippen molar-refractivity contribution in [3.63, 3.8) is 0 Å². The van der Waals surface area contributed by atoms with Gasteiger partial charge in [-0.3, -0.25) is 4.99 Å². The Morgan fingerprint density at radius 3 is 2.81 bits per heavy atom. The second-order valence-corrected chi connectivity index (χ2v) is 7.48. The Morgan fingerprint density at radius 1 is 1.37 bits per heavy atom. The van der Waals surface area contributed by atoms with Gasteiger partial charge in [0.05, 0.1) is 25.9 Å². The van der Waals surface area contributed by atoms with Gasteiger partial charge in [-0.15, -0.1) is 0 Å². The van der Waals surface area contributed by atoms with Crippen molar-refractivity contribution in [3.8, 4) is 5.75 Å². The average molecular weight is 376 g/mol. The Labute approximate surface area is 162 Å². The van der Waals surface area contributed by atoms with Gasteiger partial charge in [0.1, 0.15) is 5.75 Å². The Bertz CT molecular complexity index is 645. The van der Waals surface area contributed by atoms with E-state index in [4.69, 9.17) is 9.47 Å². The minimum Gasteiger partial charge on any atom is -0.497 e. The number of methoxy groups -OCH3 is 1. The lowest BCUT2D eigenvalue weighted by Gasteiger charge is -2.61. The minimum atomic E-state index is -0.661. The van der Waals surface area contributed by atoms with Crippen LogP contribution in [0.1, 0.15) is 51.2 Å². The number of aliphatic imine (C=N–C) groups is 1. The molecule has 1 aromatic rings. The lowest BCUT2D eigenvalue weighted by Crippen LogP contribution is -2.68. The summed E-state index contributed by atoms with van der Waals surface area (Å²) in [5.41, 5.74) is 1.09. The molecule has 0 bridgehead atoms. The molecule has 0 aliphatic heterocycles. The van der Waals surface area contributed by atoms with Gasteiger partial charge in [-0.2, -0.15) is 0 Å². The number of nitrogens with zero attached hydrogens (tertiary/aromatic N) is 1. The summed E-state index contributed by atoms with van der Waals surface area (Å²) in [4.78, 5) is 4.62. The Balaban J connectivity index is 1.61. The molecule has 0 aromatic heterocycles. The summed E-state index contributed by atoms with van der Waals surface area (Å²) < 4.78 is 11.2. The Morgan fingerprint density at radius 2 is 2.19 bits per heavy atom. The van der Waals surface area contributed by atoms with Crippen molar-refractivity contribution < 1.29 is 14.6 Å². The minimum absolute atomic E-state index is 0.275. The molecule has 3 unspecified atom stereocenters. The maximum Gasteiger partial charge on any atom is 0.191 e. The van der Waals surface area contributed by atoms with Crippen LogP contribution in [0.25, 0.3) is 0 Å². The largest absolute Gasteiger partial charge is 0.497 e. The Kier molecular flexibility index (Phi) is 6.60. The molecule has 0 saturated heterocycles. The van der Waals surface area contributed by atoms with Gasteiger partial charge in [0.2, 0.25) is 0 Å². The van der Waals surface area contributed by atoms with Crippen LogP contribution in [0.5, 0.6) is 5.75 Å². The van der Waals surface area contributed by atoms with E-state index < -0.39 is 6.10 Å². The molecule has 0 heterocycles. The smallest absolute Gasteiger partial charge is 0.191 e. The Hall–Kier alpha value is -1.79. The molecule has 0 amide bonds. The fraction of sp³-hybridized carbons (Fsp3) is 0.667. The van der Waals surface area contributed by atoms with Gasteiger partial charge >= 0.3 is 0 Å². The molecule has 2 aliphatic carbocycles. The second-order valence-electron chi connectivity index (χ2n) is 7.48. The molecule has 6 heteroatoms. The first kappa shape index (κ1) is 20.0. The number of ether oxygens (including phenoxy) is 2. The molecule has 150 valence electrons. The van der Waals surface area contributed by atoms with Gasteiger partial charge in [-0.05, 0) is 50.8 Å². The molecule has 1 spiro atoms. The maximum absolute atomic E-state index is 10.5. The van der Waals surface area contributed by atoms with E-state index in [-0.39, 0.29) is 5.41 Å². The van der Waals surface area contributed by atoms with E-state index in [1.54, 1.807) is 7.11 Å². The maximum atomic E-state index is 10.5. The number of aliphatic hydroxyl groups is 1. The summed E-state index contributed by atoms with van der Waals surface area (Å²) in [5, 5.41) is 17.4. The van der Waals surface area contributed by atoms with Crippen molar-refractivity contribution in [1.82, 2.24) is 10.6 Å². The molecule has 1 aromatic carbocycles. The van der Waals surface area contributed by atoms with E-state index in [1.165, 1.54) is 19.3 Å². The van der Waals surface area contributed by atoms with Crippen LogP contribution in [0, 0.1) is 5.41 Å².